The predicted octanol–water partition coefficient (Wildman–Crippen LogP) is 5.21. The third-order valence-electron chi connectivity index (χ3n) is 6.33. The van der Waals surface area contributed by atoms with Crippen molar-refractivity contribution in [3.8, 4) is 28.5 Å². The Morgan fingerprint density at radius 3 is 2.48 bits per heavy atom. The summed E-state index contributed by atoms with van der Waals surface area (Å²) >= 11 is 0. The lowest BCUT2D eigenvalue weighted by molar-refractivity contribution is 0.496. The Morgan fingerprint density at radius 2 is 1.76 bits per heavy atom. The first-order valence-corrected chi connectivity index (χ1v) is 11.1. The third kappa shape index (κ3) is 4.04. The monoisotopic (exact) mass is 437 g/mol. The summed E-state index contributed by atoms with van der Waals surface area (Å²) in [6, 6.07) is 21.1. The number of aryl methyl sites for hydroxylation is 1. The van der Waals surface area contributed by atoms with Crippen LogP contribution in [0.25, 0.3) is 33.3 Å². The van der Waals surface area contributed by atoms with Gasteiger partial charge in [-0.05, 0) is 60.7 Å². The molecule has 0 bridgehead atoms. The number of halogens is 1. The molecule has 0 saturated carbocycles. The van der Waals surface area contributed by atoms with Crippen LogP contribution in [0.2, 0.25) is 0 Å². The number of aromatic nitrogens is 2. The van der Waals surface area contributed by atoms with Crippen molar-refractivity contribution in [2.75, 3.05) is 18.0 Å². The molecule has 1 saturated heterocycles. The van der Waals surface area contributed by atoms with Gasteiger partial charge in [-0.25, -0.2) is 14.4 Å². The fraction of sp³-hybridized carbons (Fsp3) is 0.222. The summed E-state index contributed by atoms with van der Waals surface area (Å²) in [5.74, 6) is 0.0696. The topological polar surface area (TPSA) is 78.8 Å². The van der Waals surface area contributed by atoms with Gasteiger partial charge in [0.2, 0.25) is 5.95 Å². The van der Waals surface area contributed by atoms with Crippen LogP contribution in [0.15, 0.2) is 60.7 Å². The minimum Gasteiger partial charge on any atom is -0.341 e. The zero-order valence-corrected chi connectivity index (χ0v) is 18.4. The van der Waals surface area contributed by atoms with Gasteiger partial charge in [-0.3, -0.25) is 0 Å². The van der Waals surface area contributed by atoms with E-state index in [1.807, 2.05) is 24.3 Å². The maximum atomic E-state index is 14.5. The van der Waals surface area contributed by atoms with E-state index in [9.17, 15) is 4.39 Å². The lowest BCUT2D eigenvalue weighted by Crippen LogP contribution is -2.40. The molecule has 4 aromatic rings. The van der Waals surface area contributed by atoms with Crippen molar-refractivity contribution in [1.29, 1.82) is 5.26 Å². The highest BCUT2D eigenvalue weighted by molar-refractivity contribution is 5.96. The van der Waals surface area contributed by atoms with E-state index in [4.69, 9.17) is 21.0 Å². The largest absolute Gasteiger partial charge is 0.341 e. The van der Waals surface area contributed by atoms with Crippen molar-refractivity contribution in [2.24, 2.45) is 5.73 Å². The van der Waals surface area contributed by atoms with Crippen LogP contribution in [0.5, 0.6) is 0 Å². The smallest absolute Gasteiger partial charge is 0.226 e. The lowest BCUT2D eigenvalue weighted by Gasteiger charge is -2.30. The van der Waals surface area contributed by atoms with Crippen molar-refractivity contribution in [3.63, 3.8) is 0 Å². The lowest BCUT2D eigenvalue weighted by atomic mass is 9.97. The highest BCUT2D eigenvalue weighted by Crippen LogP contribution is 2.34. The second-order valence-corrected chi connectivity index (χ2v) is 8.55. The van der Waals surface area contributed by atoms with Crippen LogP contribution in [-0.4, -0.2) is 29.1 Å². The van der Waals surface area contributed by atoms with Crippen molar-refractivity contribution in [2.45, 2.75) is 25.8 Å². The van der Waals surface area contributed by atoms with E-state index < -0.39 is 5.82 Å². The molecule has 0 atom stereocenters. The molecule has 33 heavy (non-hydrogen) atoms. The first-order valence-electron chi connectivity index (χ1n) is 11.1. The quantitative estimate of drug-likeness (QED) is 0.476. The number of anilines is 1. The Balaban J connectivity index is 1.70. The van der Waals surface area contributed by atoms with E-state index in [-0.39, 0.29) is 11.6 Å². The average Bonchev–Trinajstić information content (AvgIpc) is 2.84. The number of rotatable bonds is 3. The van der Waals surface area contributed by atoms with Crippen molar-refractivity contribution in [3.05, 3.63) is 77.6 Å². The molecule has 1 aromatic heterocycles. The molecule has 0 unspecified atom stereocenters. The number of hydrogen-bond donors (Lipinski definition) is 1. The highest BCUT2D eigenvalue weighted by Gasteiger charge is 2.21. The van der Waals surface area contributed by atoms with Gasteiger partial charge in [-0.15, -0.1) is 0 Å². The zero-order chi connectivity index (χ0) is 22.9. The standard InChI is InChI=1S/C27H24FN5/c1-17-4-2-3-5-22(17)18-8-9-25-23(14-18)26(19-6-7-20(16-29)24(28)15-19)32-27(31-25)33-12-10-21(30)11-13-33/h2-9,14-15,21H,10-13,30H2,1H3. The molecule has 0 amide bonds. The van der Waals surface area contributed by atoms with Crippen molar-refractivity contribution < 1.29 is 4.39 Å². The summed E-state index contributed by atoms with van der Waals surface area (Å²) < 4.78 is 14.5. The summed E-state index contributed by atoms with van der Waals surface area (Å²) in [5, 5.41) is 9.99. The maximum Gasteiger partial charge on any atom is 0.226 e. The normalized spacial score (nSPS) is 14.4. The average molecular weight is 438 g/mol. The van der Waals surface area contributed by atoms with E-state index in [1.54, 1.807) is 6.07 Å². The van der Waals surface area contributed by atoms with Crippen LogP contribution in [0, 0.1) is 24.1 Å². The van der Waals surface area contributed by atoms with E-state index in [0.717, 1.165) is 48.0 Å². The Morgan fingerprint density at radius 1 is 1.00 bits per heavy atom. The number of nitrogens with zero attached hydrogens (tertiary/aromatic N) is 4. The first kappa shape index (κ1) is 21.0. The molecule has 5 rings (SSSR count). The molecule has 3 aromatic carbocycles. The molecule has 6 heteroatoms. The second-order valence-electron chi connectivity index (χ2n) is 8.55. The van der Waals surface area contributed by atoms with Crippen molar-refractivity contribution >= 4 is 16.9 Å². The van der Waals surface area contributed by atoms with Gasteiger partial charge in [0.05, 0.1) is 16.8 Å². The molecule has 2 N–H and O–H groups in total. The number of nitriles is 1. The molecule has 0 spiro atoms. The molecule has 0 aliphatic carbocycles. The molecular weight excluding hydrogens is 413 g/mol. The van der Waals surface area contributed by atoms with E-state index >= 15 is 0 Å². The number of hydrogen-bond acceptors (Lipinski definition) is 5. The molecular formula is C27H24FN5. The molecule has 1 aliphatic heterocycles. The third-order valence-corrected chi connectivity index (χ3v) is 6.33. The van der Waals surface area contributed by atoms with Gasteiger partial charge in [-0.1, -0.05) is 36.4 Å². The van der Waals surface area contributed by atoms with Crippen LogP contribution in [-0.2, 0) is 0 Å². The SMILES string of the molecule is Cc1ccccc1-c1ccc2nc(N3CCC(N)CC3)nc(-c3ccc(C#N)c(F)c3)c2c1. The molecule has 1 fully saturated rings. The fourth-order valence-electron chi connectivity index (χ4n) is 4.39. The summed E-state index contributed by atoms with van der Waals surface area (Å²) in [4.78, 5) is 11.9. The zero-order valence-electron chi connectivity index (χ0n) is 18.4. The Bertz CT molecular complexity index is 1380. The van der Waals surface area contributed by atoms with Gasteiger partial charge < -0.3 is 10.6 Å². The van der Waals surface area contributed by atoms with Gasteiger partial charge in [0.1, 0.15) is 11.9 Å². The summed E-state index contributed by atoms with van der Waals surface area (Å²) in [6.45, 7) is 3.65. The van der Waals surface area contributed by atoms with Gasteiger partial charge in [0, 0.05) is 30.1 Å². The molecule has 2 heterocycles. The first-order chi connectivity index (χ1) is 16.0. The number of nitrogens with two attached hydrogens (primary N) is 1. The van der Waals surface area contributed by atoms with Crippen LogP contribution in [0.1, 0.15) is 24.0 Å². The van der Waals surface area contributed by atoms with E-state index in [2.05, 4.69) is 36.1 Å². The molecule has 164 valence electrons. The van der Waals surface area contributed by atoms with Crippen LogP contribution in [0.3, 0.4) is 0 Å². The minimum atomic E-state index is -0.553. The maximum absolute atomic E-state index is 14.5. The summed E-state index contributed by atoms with van der Waals surface area (Å²) in [6.07, 6.45) is 1.77. The molecule has 1 aliphatic rings. The number of fused-ring (bicyclic) bond motifs is 1. The van der Waals surface area contributed by atoms with Crippen molar-refractivity contribution in [1.82, 2.24) is 9.97 Å². The Hall–Kier alpha value is -3.82. The number of benzene rings is 3. The van der Waals surface area contributed by atoms with Crippen LogP contribution < -0.4 is 10.6 Å². The minimum absolute atomic E-state index is 0.0166. The van der Waals surface area contributed by atoms with Gasteiger partial charge in [0.15, 0.2) is 0 Å². The Kier molecular flexibility index (Phi) is 5.49. The van der Waals surface area contributed by atoms with Gasteiger partial charge >= 0.3 is 0 Å². The highest BCUT2D eigenvalue weighted by atomic mass is 19.1. The van der Waals surface area contributed by atoms with Gasteiger partial charge in [0.25, 0.3) is 0 Å². The second kappa shape index (κ2) is 8.61. The van der Waals surface area contributed by atoms with Crippen LogP contribution in [0.4, 0.5) is 10.3 Å². The van der Waals surface area contributed by atoms with E-state index in [0.29, 0.717) is 17.2 Å². The summed E-state index contributed by atoms with van der Waals surface area (Å²) in [5.41, 5.74) is 11.5. The van der Waals surface area contributed by atoms with Crippen LogP contribution >= 0.6 is 0 Å². The number of piperidine rings is 1. The fourth-order valence-corrected chi connectivity index (χ4v) is 4.39. The predicted molar refractivity (Wildman–Crippen MR) is 129 cm³/mol. The van der Waals surface area contributed by atoms with E-state index in [1.165, 1.54) is 17.7 Å². The summed E-state index contributed by atoms with van der Waals surface area (Å²) in [7, 11) is 0. The Labute approximate surface area is 192 Å². The van der Waals surface area contributed by atoms with Gasteiger partial charge in [-0.2, -0.15) is 5.26 Å². The molecule has 5 nitrogen and oxygen atoms in total. The molecule has 0 radical (unpaired) electrons.